The van der Waals surface area contributed by atoms with E-state index in [4.69, 9.17) is 16.6 Å². The number of hydrogen-bond donors (Lipinski definition) is 0. The van der Waals surface area contributed by atoms with Gasteiger partial charge in [-0.15, -0.1) is 11.6 Å². The lowest BCUT2D eigenvalue weighted by Crippen LogP contribution is -2.33. The van der Waals surface area contributed by atoms with Crippen molar-refractivity contribution in [2.45, 2.75) is 130 Å². The molecule has 0 N–H and O–H groups in total. The third-order valence-electron chi connectivity index (χ3n) is 10.5. The summed E-state index contributed by atoms with van der Waals surface area (Å²) in [6.07, 6.45) is 22.4. The van der Waals surface area contributed by atoms with E-state index < -0.39 is 0 Å². The summed E-state index contributed by atoms with van der Waals surface area (Å²) in [6.45, 7) is 8.83. The fourth-order valence-electron chi connectivity index (χ4n) is 8.20. The molecule has 0 amide bonds. The monoisotopic (exact) mass is 541 g/mol. The normalized spacial score (nSPS) is 30.8. The second-order valence-corrected chi connectivity index (χ2v) is 13.4. The van der Waals surface area contributed by atoms with Crippen molar-refractivity contribution >= 4 is 17.4 Å². The van der Waals surface area contributed by atoms with E-state index in [2.05, 4.69) is 28.8 Å². The number of nitrogens with zero attached hydrogens (tertiary/aromatic N) is 5. The Labute approximate surface area is 236 Å². The lowest BCUT2D eigenvalue weighted by molar-refractivity contribution is 0.202. The Hall–Kier alpha value is -1.20. The third-order valence-corrected chi connectivity index (χ3v) is 10.9. The smallest absolute Gasteiger partial charge is 0.252 e. The zero-order valence-corrected chi connectivity index (χ0v) is 25.2. The Kier molecular flexibility index (Phi) is 10.0. The van der Waals surface area contributed by atoms with Crippen LogP contribution in [-0.2, 0) is 6.42 Å². The average molecular weight is 542 g/mol. The standard InChI is InChI=1S/C32H52ClN5/c1-23-31(24(2)38-32(34-23)35-25(3)36-38)20-27-18-19-37(22-27)30-16-7-6-13-29(15-9-17-30)28-12-5-4-10-26(21-33)11-8-14-28/h26-30H,4-22H2,1-3H3/t26?,27?,28?,29-,30?/m0/s1. The molecule has 5 rings (SSSR count). The van der Waals surface area contributed by atoms with Gasteiger partial charge in [0.25, 0.3) is 5.78 Å². The highest BCUT2D eigenvalue weighted by Gasteiger charge is 2.31. The van der Waals surface area contributed by atoms with E-state index in [0.717, 1.165) is 59.3 Å². The molecule has 4 unspecified atom stereocenters. The Morgan fingerprint density at radius 1 is 0.737 bits per heavy atom. The molecule has 2 aliphatic carbocycles. The minimum atomic E-state index is 0.729. The zero-order valence-electron chi connectivity index (χ0n) is 24.4. The van der Waals surface area contributed by atoms with Crippen molar-refractivity contribution in [3.63, 3.8) is 0 Å². The largest absolute Gasteiger partial charge is 0.300 e. The van der Waals surface area contributed by atoms with Gasteiger partial charge in [-0.05, 0) is 95.1 Å². The first-order valence-corrected chi connectivity index (χ1v) is 16.5. The number of rotatable bonds is 5. The zero-order chi connectivity index (χ0) is 26.5. The average Bonchev–Trinajstić information content (AvgIpc) is 3.56. The lowest BCUT2D eigenvalue weighted by atomic mass is 9.79. The summed E-state index contributed by atoms with van der Waals surface area (Å²) in [7, 11) is 0. The van der Waals surface area contributed by atoms with E-state index in [1.165, 1.54) is 121 Å². The molecule has 2 aromatic rings. The highest BCUT2D eigenvalue weighted by Crippen LogP contribution is 2.37. The van der Waals surface area contributed by atoms with Gasteiger partial charge in [-0.25, -0.2) is 9.50 Å². The Morgan fingerprint density at radius 2 is 1.37 bits per heavy atom. The van der Waals surface area contributed by atoms with E-state index in [9.17, 15) is 0 Å². The van der Waals surface area contributed by atoms with Crippen molar-refractivity contribution < 1.29 is 0 Å². The van der Waals surface area contributed by atoms with Crippen LogP contribution in [0.4, 0.5) is 0 Å². The molecule has 3 fully saturated rings. The van der Waals surface area contributed by atoms with Crippen LogP contribution in [0.1, 0.15) is 119 Å². The van der Waals surface area contributed by atoms with E-state index >= 15 is 0 Å². The summed E-state index contributed by atoms with van der Waals surface area (Å²) in [5, 5.41) is 4.59. The van der Waals surface area contributed by atoms with E-state index in [0.29, 0.717) is 0 Å². The third kappa shape index (κ3) is 6.92. The van der Waals surface area contributed by atoms with Crippen LogP contribution in [0.3, 0.4) is 0 Å². The van der Waals surface area contributed by atoms with Crippen LogP contribution < -0.4 is 0 Å². The minimum absolute atomic E-state index is 0.729. The van der Waals surface area contributed by atoms with E-state index in [1.54, 1.807) is 0 Å². The van der Waals surface area contributed by atoms with Crippen LogP contribution in [0.2, 0.25) is 0 Å². The minimum Gasteiger partial charge on any atom is -0.300 e. The number of likely N-dealkylation sites (tertiary alicyclic amines) is 1. The molecule has 1 saturated heterocycles. The Morgan fingerprint density at radius 3 is 2.13 bits per heavy atom. The van der Waals surface area contributed by atoms with E-state index in [1.807, 2.05) is 11.4 Å². The van der Waals surface area contributed by atoms with Crippen LogP contribution in [0, 0.1) is 44.4 Å². The van der Waals surface area contributed by atoms with Crippen LogP contribution in [0.15, 0.2) is 0 Å². The molecule has 1 aliphatic heterocycles. The molecule has 5 atom stereocenters. The van der Waals surface area contributed by atoms with Crippen molar-refractivity contribution in [3.8, 4) is 0 Å². The topological polar surface area (TPSA) is 46.3 Å². The molecule has 38 heavy (non-hydrogen) atoms. The van der Waals surface area contributed by atoms with Crippen LogP contribution >= 0.6 is 11.6 Å². The maximum atomic E-state index is 6.24. The van der Waals surface area contributed by atoms with E-state index in [-0.39, 0.29) is 0 Å². The first-order chi connectivity index (χ1) is 18.5. The van der Waals surface area contributed by atoms with Crippen molar-refractivity contribution in [2.75, 3.05) is 19.0 Å². The first kappa shape index (κ1) is 28.3. The summed E-state index contributed by atoms with van der Waals surface area (Å²) in [5.74, 6) is 5.88. The molecule has 6 heteroatoms. The summed E-state index contributed by atoms with van der Waals surface area (Å²) in [5.41, 5.74) is 3.75. The van der Waals surface area contributed by atoms with Gasteiger partial charge >= 0.3 is 0 Å². The Balaban J connectivity index is 1.14. The molecule has 0 radical (unpaired) electrons. The predicted molar refractivity (Wildman–Crippen MR) is 158 cm³/mol. The van der Waals surface area contributed by atoms with Gasteiger partial charge in [0.05, 0.1) is 0 Å². The van der Waals surface area contributed by atoms with Crippen LogP contribution in [0.25, 0.3) is 5.78 Å². The second kappa shape index (κ2) is 13.4. The summed E-state index contributed by atoms with van der Waals surface area (Å²) in [4.78, 5) is 12.1. The van der Waals surface area contributed by atoms with Crippen molar-refractivity contribution in [3.05, 3.63) is 22.8 Å². The number of aromatic nitrogens is 4. The fourth-order valence-corrected chi connectivity index (χ4v) is 8.51. The van der Waals surface area contributed by atoms with Gasteiger partial charge in [-0.3, -0.25) is 0 Å². The molecule has 2 saturated carbocycles. The van der Waals surface area contributed by atoms with Crippen LogP contribution in [-0.4, -0.2) is 49.5 Å². The number of halogens is 1. The number of fused-ring (bicyclic) bond motifs is 1. The number of hydrogen-bond acceptors (Lipinski definition) is 4. The summed E-state index contributed by atoms with van der Waals surface area (Å²) in [6, 6.07) is 0.796. The molecule has 0 aromatic carbocycles. The molecule has 0 spiro atoms. The molecule has 2 aromatic heterocycles. The second-order valence-electron chi connectivity index (χ2n) is 13.1. The van der Waals surface area contributed by atoms with Gasteiger partial charge in [-0.2, -0.15) is 10.1 Å². The lowest BCUT2D eigenvalue weighted by Gasteiger charge is -2.29. The van der Waals surface area contributed by atoms with Gasteiger partial charge in [0, 0.05) is 29.9 Å². The number of aryl methyl sites for hydroxylation is 3. The predicted octanol–water partition coefficient (Wildman–Crippen LogP) is 7.86. The van der Waals surface area contributed by atoms with Crippen LogP contribution in [0.5, 0.6) is 0 Å². The molecule has 0 bridgehead atoms. The molecular formula is C32H52ClN5. The molecular weight excluding hydrogens is 490 g/mol. The van der Waals surface area contributed by atoms with Gasteiger partial charge in [0.15, 0.2) is 0 Å². The van der Waals surface area contributed by atoms with Crippen molar-refractivity contribution in [1.29, 1.82) is 0 Å². The summed E-state index contributed by atoms with van der Waals surface area (Å²) >= 11 is 6.24. The molecule has 3 aliphatic rings. The molecule has 3 heterocycles. The van der Waals surface area contributed by atoms with Crippen molar-refractivity contribution in [2.24, 2.45) is 23.7 Å². The maximum absolute atomic E-state index is 6.24. The first-order valence-electron chi connectivity index (χ1n) is 16.0. The number of alkyl halides is 1. The van der Waals surface area contributed by atoms with Crippen molar-refractivity contribution in [1.82, 2.24) is 24.5 Å². The van der Waals surface area contributed by atoms with Gasteiger partial charge in [0.1, 0.15) is 5.82 Å². The SMILES string of the molecule is Cc1nc2nc(C)c(CC3CCN(C4CCCC[C@H](C5CCCCC(CCl)CCC5)CCC4)C3)c(C)n2n1. The highest BCUT2D eigenvalue weighted by atomic mass is 35.5. The maximum Gasteiger partial charge on any atom is 0.252 e. The van der Waals surface area contributed by atoms with Gasteiger partial charge < -0.3 is 4.90 Å². The summed E-state index contributed by atoms with van der Waals surface area (Å²) < 4.78 is 1.95. The molecule has 212 valence electrons. The quantitative estimate of drug-likeness (QED) is 0.361. The Bertz CT molecular complexity index is 1030. The van der Waals surface area contributed by atoms with Gasteiger partial charge in [-0.1, -0.05) is 64.2 Å². The fraction of sp³-hybridized carbons (Fsp3) is 0.844. The highest BCUT2D eigenvalue weighted by molar-refractivity contribution is 6.18. The molecule has 5 nitrogen and oxygen atoms in total. The van der Waals surface area contributed by atoms with Gasteiger partial charge in [0.2, 0.25) is 0 Å².